The Kier molecular flexibility index (Phi) is 3.64. The van der Waals surface area contributed by atoms with E-state index in [4.69, 9.17) is 0 Å². The molecule has 1 aromatic rings. The van der Waals surface area contributed by atoms with E-state index in [2.05, 4.69) is 40.2 Å². The molecule has 0 saturated heterocycles. The fourth-order valence-corrected chi connectivity index (χ4v) is 0.932. The van der Waals surface area contributed by atoms with Crippen LogP contribution in [0.5, 0.6) is 0 Å². The highest BCUT2D eigenvalue weighted by Crippen LogP contribution is 2.03. The number of hydrogen-bond donors (Lipinski definition) is 0. The fraction of sp³-hybridized carbons (Fsp3) is 0.556. The predicted molar refractivity (Wildman–Crippen MR) is 52.7 cm³/mol. The van der Waals surface area contributed by atoms with Crippen LogP contribution in [-0.2, 0) is 0 Å². The van der Waals surface area contributed by atoms with Crippen molar-refractivity contribution in [1.82, 2.24) is 14.9 Å². The maximum Gasteiger partial charge on any atom is 0.199 e. The smallest absolute Gasteiger partial charge is 0.199 e. The highest BCUT2D eigenvalue weighted by atomic mass is 15.2. The van der Waals surface area contributed by atoms with E-state index < -0.39 is 0 Å². The van der Waals surface area contributed by atoms with Crippen molar-refractivity contribution in [2.75, 3.05) is 39.1 Å². The van der Waals surface area contributed by atoms with Crippen molar-refractivity contribution in [2.45, 2.75) is 0 Å². The number of likely N-dealkylation sites (N-methyl/N-ethyl adjacent to an activating group) is 2. The van der Waals surface area contributed by atoms with Gasteiger partial charge in [0, 0.05) is 26.3 Å². The zero-order valence-electron chi connectivity index (χ0n) is 8.36. The highest BCUT2D eigenvalue weighted by molar-refractivity contribution is 5.34. The molecule has 1 aromatic heterocycles. The Hall–Kier alpha value is -1.16. The normalized spacial score (nSPS) is 10.5. The molecule has 0 bridgehead atoms. The molecule has 0 N–H and O–H groups in total. The lowest BCUT2D eigenvalue weighted by molar-refractivity contribution is 0.416. The van der Waals surface area contributed by atoms with Gasteiger partial charge in [-0.15, -0.1) is 0 Å². The molecule has 1 rings (SSSR count). The minimum Gasteiger partial charge on any atom is -0.358 e. The third-order valence-corrected chi connectivity index (χ3v) is 1.79. The van der Waals surface area contributed by atoms with Crippen LogP contribution in [0.25, 0.3) is 0 Å². The van der Waals surface area contributed by atoms with E-state index in [-0.39, 0.29) is 0 Å². The van der Waals surface area contributed by atoms with Crippen molar-refractivity contribution in [3.8, 4) is 0 Å². The van der Waals surface area contributed by atoms with E-state index in [9.17, 15) is 0 Å². The highest BCUT2D eigenvalue weighted by Gasteiger charge is 2.00. The maximum atomic E-state index is 4.03. The molecule has 0 fully saturated rings. The molecule has 4 heteroatoms. The summed E-state index contributed by atoms with van der Waals surface area (Å²) in [5.41, 5.74) is 0. The third kappa shape index (κ3) is 3.38. The number of hydrogen-bond acceptors (Lipinski definition) is 4. The van der Waals surface area contributed by atoms with Gasteiger partial charge < -0.3 is 9.80 Å². The second kappa shape index (κ2) is 4.77. The summed E-state index contributed by atoms with van der Waals surface area (Å²) >= 11 is 0. The van der Waals surface area contributed by atoms with E-state index in [1.165, 1.54) is 0 Å². The average molecular weight is 179 g/mol. The molecule has 0 atom stereocenters. The Bertz CT molecular complexity index is 235. The standard InChI is InChI=1S/C9H15N4/c1-12(2)6-7-13(3)9-4-5-10-8-11-9/h4-5H,6-7H2,1-3H3. The van der Waals surface area contributed by atoms with Crippen LogP contribution in [0.1, 0.15) is 0 Å². The van der Waals surface area contributed by atoms with Crippen LogP contribution in [-0.4, -0.2) is 49.1 Å². The van der Waals surface area contributed by atoms with Crippen molar-refractivity contribution in [1.29, 1.82) is 0 Å². The quantitative estimate of drug-likeness (QED) is 0.664. The summed E-state index contributed by atoms with van der Waals surface area (Å²) in [5.74, 6) is 0.914. The fourth-order valence-electron chi connectivity index (χ4n) is 0.932. The number of aromatic nitrogens is 2. The minimum atomic E-state index is 0.914. The van der Waals surface area contributed by atoms with Gasteiger partial charge in [-0.3, -0.25) is 0 Å². The summed E-state index contributed by atoms with van der Waals surface area (Å²) in [5, 5.41) is 0. The number of anilines is 1. The molecule has 71 valence electrons. The SMILES string of the molecule is CN(C)CCN(C)c1ccn[c]n1. The van der Waals surface area contributed by atoms with Crippen LogP contribution < -0.4 is 4.90 Å². The Morgan fingerprint density at radius 1 is 1.31 bits per heavy atom. The molecule has 0 spiro atoms. The van der Waals surface area contributed by atoms with Gasteiger partial charge in [0.25, 0.3) is 0 Å². The van der Waals surface area contributed by atoms with E-state index in [1.807, 2.05) is 13.1 Å². The van der Waals surface area contributed by atoms with E-state index in [1.54, 1.807) is 6.20 Å². The lowest BCUT2D eigenvalue weighted by atomic mass is 10.4. The predicted octanol–water partition coefficient (Wildman–Crippen LogP) is 0.275. The third-order valence-electron chi connectivity index (χ3n) is 1.79. The van der Waals surface area contributed by atoms with Crippen molar-refractivity contribution >= 4 is 5.82 Å². The van der Waals surface area contributed by atoms with Gasteiger partial charge in [0.05, 0.1) is 0 Å². The van der Waals surface area contributed by atoms with Gasteiger partial charge >= 0.3 is 0 Å². The van der Waals surface area contributed by atoms with Crippen LogP contribution in [0.4, 0.5) is 5.82 Å². The van der Waals surface area contributed by atoms with Gasteiger partial charge in [-0.05, 0) is 20.2 Å². The Labute approximate surface area is 79.2 Å². The second-order valence-corrected chi connectivity index (χ2v) is 3.24. The summed E-state index contributed by atoms with van der Waals surface area (Å²) in [7, 11) is 6.12. The van der Waals surface area contributed by atoms with Crippen LogP contribution in [0.3, 0.4) is 0 Å². The Morgan fingerprint density at radius 3 is 2.62 bits per heavy atom. The lowest BCUT2D eigenvalue weighted by Crippen LogP contribution is -2.28. The van der Waals surface area contributed by atoms with Gasteiger partial charge in [0.2, 0.25) is 0 Å². The lowest BCUT2D eigenvalue weighted by Gasteiger charge is -2.19. The molecule has 0 aliphatic carbocycles. The summed E-state index contributed by atoms with van der Waals surface area (Å²) < 4.78 is 0. The average Bonchev–Trinajstić information content (AvgIpc) is 2.15. The summed E-state index contributed by atoms with van der Waals surface area (Å²) in [6.07, 6.45) is 4.28. The maximum absolute atomic E-state index is 4.03. The monoisotopic (exact) mass is 179 g/mol. The molecule has 13 heavy (non-hydrogen) atoms. The molecule has 0 aliphatic heterocycles. The second-order valence-electron chi connectivity index (χ2n) is 3.24. The molecule has 4 nitrogen and oxygen atoms in total. The van der Waals surface area contributed by atoms with Gasteiger partial charge in [-0.2, -0.15) is 0 Å². The topological polar surface area (TPSA) is 32.3 Å². The molecule has 1 heterocycles. The minimum absolute atomic E-state index is 0.914. The molecular formula is C9H15N4. The van der Waals surface area contributed by atoms with Crippen molar-refractivity contribution < 1.29 is 0 Å². The van der Waals surface area contributed by atoms with Crippen molar-refractivity contribution in [3.63, 3.8) is 0 Å². The van der Waals surface area contributed by atoms with Gasteiger partial charge in [0.1, 0.15) is 5.82 Å². The van der Waals surface area contributed by atoms with E-state index >= 15 is 0 Å². The first-order valence-corrected chi connectivity index (χ1v) is 4.25. The summed E-state index contributed by atoms with van der Waals surface area (Å²) in [6.45, 7) is 1.97. The van der Waals surface area contributed by atoms with Crippen molar-refractivity contribution in [3.05, 3.63) is 18.6 Å². The summed E-state index contributed by atoms with van der Waals surface area (Å²) in [4.78, 5) is 12.0. The largest absolute Gasteiger partial charge is 0.358 e. The first-order chi connectivity index (χ1) is 6.20. The number of rotatable bonds is 4. The van der Waals surface area contributed by atoms with Crippen LogP contribution in [0.2, 0.25) is 0 Å². The molecular weight excluding hydrogens is 164 g/mol. The Balaban J connectivity index is 2.44. The molecule has 0 unspecified atom stereocenters. The number of nitrogens with zero attached hydrogens (tertiary/aromatic N) is 4. The van der Waals surface area contributed by atoms with Crippen molar-refractivity contribution in [2.24, 2.45) is 0 Å². The molecule has 0 aliphatic rings. The molecule has 0 saturated carbocycles. The van der Waals surface area contributed by atoms with E-state index in [0.717, 1.165) is 18.9 Å². The van der Waals surface area contributed by atoms with Crippen LogP contribution in [0.15, 0.2) is 12.3 Å². The van der Waals surface area contributed by atoms with Gasteiger partial charge in [-0.25, -0.2) is 9.97 Å². The zero-order chi connectivity index (χ0) is 9.68. The molecule has 0 amide bonds. The molecule has 1 radical (unpaired) electrons. The van der Waals surface area contributed by atoms with Crippen LogP contribution >= 0.6 is 0 Å². The van der Waals surface area contributed by atoms with Crippen LogP contribution in [0, 0.1) is 6.33 Å². The van der Waals surface area contributed by atoms with Gasteiger partial charge in [-0.1, -0.05) is 0 Å². The van der Waals surface area contributed by atoms with E-state index in [0.29, 0.717) is 0 Å². The first kappa shape index (κ1) is 9.92. The first-order valence-electron chi connectivity index (χ1n) is 4.25. The summed E-state index contributed by atoms with van der Waals surface area (Å²) in [6, 6.07) is 1.88. The zero-order valence-corrected chi connectivity index (χ0v) is 8.36. The Morgan fingerprint density at radius 2 is 2.08 bits per heavy atom. The van der Waals surface area contributed by atoms with Gasteiger partial charge in [0.15, 0.2) is 6.33 Å². The molecule has 0 aromatic carbocycles.